The number of benzene rings is 1. The van der Waals surface area contributed by atoms with Crippen molar-refractivity contribution in [3.63, 3.8) is 0 Å². The molecule has 1 aliphatic rings. The lowest BCUT2D eigenvalue weighted by molar-refractivity contribution is 0.0600. The quantitative estimate of drug-likeness (QED) is 0.776. The number of hydrogen-bond acceptors (Lipinski definition) is 5. The van der Waals surface area contributed by atoms with Gasteiger partial charge in [0.25, 0.3) is 0 Å². The third-order valence-electron chi connectivity index (χ3n) is 4.10. The standard InChI is InChI=1S/C15H22N2O4S/c1-12(13-4-6-14(7-5-13)15(18)21-2)16-8-10-17(11-9-16)22(3,19)20/h4-7,12H,8-11H2,1-3H3. The van der Waals surface area contributed by atoms with Crippen LogP contribution in [0.3, 0.4) is 0 Å². The van der Waals surface area contributed by atoms with Gasteiger partial charge in [-0.3, -0.25) is 4.90 Å². The van der Waals surface area contributed by atoms with Crippen LogP contribution in [0.25, 0.3) is 0 Å². The predicted molar refractivity (Wildman–Crippen MR) is 84.2 cm³/mol. The van der Waals surface area contributed by atoms with Crippen LogP contribution in [0.15, 0.2) is 24.3 Å². The number of nitrogens with zero attached hydrogens (tertiary/aromatic N) is 2. The van der Waals surface area contributed by atoms with Crippen molar-refractivity contribution in [1.82, 2.24) is 9.21 Å². The van der Waals surface area contributed by atoms with Crippen molar-refractivity contribution in [3.8, 4) is 0 Å². The molecule has 0 saturated carbocycles. The van der Waals surface area contributed by atoms with Crippen LogP contribution in [-0.2, 0) is 14.8 Å². The molecule has 1 fully saturated rings. The number of carbonyl (C=O) groups excluding carboxylic acids is 1. The molecule has 0 aliphatic carbocycles. The molecule has 0 spiro atoms. The van der Waals surface area contributed by atoms with Gasteiger partial charge in [-0.2, -0.15) is 4.31 Å². The molecule has 1 aromatic rings. The van der Waals surface area contributed by atoms with E-state index in [0.29, 0.717) is 31.7 Å². The molecule has 0 amide bonds. The number of methoxy groups -OCH3 is 1. The van der Waals surface area contributed by atoms with E-state index < -0.39 is 10.0 Å². The first-order valence-corrected chi connectivity index (χ1v) is 9.05. The van der Waals surface area contributed by atoms with Gasteiger partial charge in [-0.05, 0) is 24.6 Å². The van der Waals surface area contributed by atoms with Crippen molar-refractivity contribution in [2.75, 3.05) is 39.5 Å². The first kappa shape index (κ1) is 16.9. The second kappa shape index (κ2) is 6.76. The molecule has 0 N–H and O–H groups in total. The molecule has 6 nitrogen and oxygen atoms in total. The van der Waals surface area contributed by atoms with Crippen molar-refractivity contribution in [2.45, 2.75) is 13.0 Å². The fourth-order valence-corrected chi connectivity index (χ4v) is 3.48. The molecule has 1 aliphatic heterocycles. The Kier molecular flexibility index (Phi) is 5.20. The van der Waals surface area contributed by atoms with Gasteiger partial charge in [0.15, 0.2) is 0 Å². The summed E-state index contributed by atoms with van der Waals surface area (Å²) in [5.41, 5.74) is 1.63. The summed E-state index contributed by atoms with van der Waals surface area (Å²) < 4.78 is 29.2. The fourth-order valence-electron chi connectivity index (χ4n) is 2.65. The van der Waals surface area contributed by atoms with Gasteiger partial charge in [0.05, 0.1) is 18.9 Å². The first-order chi connectivity index (χ1) is 10.3. The van der Waals surface area contributed by atoms with Crippen LogP contribution in [-0.4, -0.2) is 63.1 Å². The molecule has 1 atom stereocenters. The summed E-state index contributed by atoms with van der Waals surface area (Å²) in [6.07, 6.45) is 1.25. The summed E-state index contributed by atoms with van der Waals surface area (Å²) in [7, 11) is -1.74. The Morgan fingerprint density at radius 1 is 1.14 bits per heavy atom. The third kappa shape index (κ3) is 3.85. The second-order valence-corrected chi connectivity index (χ2v) is 7.47. The molecule has 1 saturated heterocycles. The smallest absolute Gasteiger partial charge is 0.337 e. The minimum atomic E-state index is -3.10. The van der Waals surface area contributed by atoms with E-state index in [1.807, 2.05) is 12.1 Å². The summed E-state index contributed by atoms with van der Waals surface area (Å²) >= 11 is 0. The highest BCUT2D eigenvalue weighted by Crippen LogP contribution is 2.22. The Morgan fingerprint density at radius 2 is 1.68 bits per heavy atom. The summed E-state index contributed by atoms with van der Waals surface area (Å²) in [6.45, 7) is 4.52. The van der Waals surface area contributed by atoms with Crippen molar-refractivity contribution in [1.29, 1.82) is 0 Å². The van der Waals surface area contributed by atoms with Crippen molar-refractivity contribution < 1.29 is 17.9 Å². The molecule has 2 rings (SSSR count). The Hall–Kier alpha value is -1.44. The van der Waals surface area contributed by atoms with Gasteiger partial charge < -0.3 is 4.74 Å². The highest BCUT2D eigenvalue weighted by Gasteiger charge is 2.26. The minimum Gasteiger partial charge on any atom is -0.465 e. The first-order valence-electron chi connectivity index (χ1n) is 7.20. The molecular weight excluding hydrogens is 304 g/mol. The number of esters is 1. The van der Waals surface area contributed by atoms with E-state index in [-0.39, 0.29) is 12.0 Å². The van der Waals surface area contributed by atoms with Gasteiger partial charge in [0.1, 0.15) is 0 Å². The van der Waals surface area contributed by atoms with Crippen molar-refractivity contribution in [3.05, 3.63) is 35.4 Å². The Balaban J connectivity index is 2.01. The van der Waals surface area contributed by atoms with Crippen molar-refractivity contribution in [2.24, 2.45) is 0 Å². The number of piperazine rings is 1. The van der Waals surface area contributed by atoms with E-state index in [1.165, 1.54) is 17.7 Å². The highest BCUT2D eigenvalue weighted by atomic mass is 32.2. The lowest BCUT2D eigenvalue weighted by Gasteiger charge is -2.37. The van der Waals surface area contributed by atoms with E-state index in [4.69, 9.17) is 0 Å². The molecular formula is C15H22N2O4S. The maximum Gasteiger partial charge on any atom is 0.337 e. The zero-order valence-corrected chi connectivity index (χ0v) is 14.0. The molecule has 122 valence electrons. The highest BCUT2D eigenvalue weighted by molar-refractivity contribution is 7.88. The number of ether oxygens (including phenoxy) is 1. The van der Waals surface area contributed by atoms with Crippen LogP contribution in [0.2, 0.25) is 0 Å². The third-order valence-corrected chi connectivity index (χ3v) is 5.41. The van der Waals surface area contributed by atoms with Gasteiger partial charge in [-0.15, -0.1) is 0 Å². The lowest BCUT2D eigenvalue weighted by atomic mass is 10.0. The Bertz CT molecular complexity index is 619. The van der Waals surface area contributed by atoms with E-state index in [0.717, 1.165) is 5.56 Å². The predicted octanol–water partition coefficient (Wildman–Crippen LogP) is 1.11. The Labute approximate surface area is 131 Å². The average molecular weight is 326 g/mol. The van der Waals surface area contributed by atoms with Crippen molar-refractivity contribution >= 4 is 16.0 Å². The van der Waals surface area contributed by atoms with Crippen LogP contribution in [0, 0.1) is 0 Å². The summed E-state index contributed by atoms with van der Waals surface area (Å²) in [5, 5.41) is 0. The molecule has 0 radical (unpaired) electrons. The average Bonchev–Trinajstić information content (AvgIpc) is 2.53. The SMILES string of the molecule is COC(=O)c1ccc(C(C)N2CCN(S(C)(=O)=O)CC2)cc1. The number of sulfonamides is 1. The van der Waals surface area contributed by atoms with Crippen LogP contribution in [0.4, 0.5) is 0 Å². The number of hydrogen-bond donors (Lipinski definition) is 0. The zero-order chi connectivity index (χ0) is 16.3. The molecule has 1 heterocycles. The van der Waals surface area contributed by atoms with Crippen LogP contribution in [0.1, 0.15) is 28.9 Å². The monoisotopic (exact) mass is 326 g/mol. The molecule has 1 unspecified atom stereocenters. The van der Waals surface area contributed by atoms with E-state index in [1.54, 1.807) is 12.1 Å². The lowest BCUT2D eigenvalue weighted by Crippen LogP contribution is -2.48. The molecule has 0 bridgehead atoms. The summed E-state index contributed by atoms with van der Waals surface area (Å²) in [5.74, 6) is -0.346. The van der Waals surface area contributed by atoms with Crippen LogP contribution >= 0.6 is 0 Å². The molecule has 1 aromatic carbocycles. The molecule has 0 aromatic heterocycles. The molecule has 7 heteroatoms. The largest absolute Gasteiger partial charge is 0.465 e. The van der Waals surface area contributed by atoms with Gasteiger partial charge in [0, 0.05) is 32.2 Å². The number of rotatable bonds is 4. The van der Waals surface area contributed by atoms with Gasteiger partial charge >= 0.3 is 5.97 Å². The summed E-state index contributed by atoms with van der Waals surface area (Å²) in [6, 6.07) is 7.52. The zero-order valence-electron chi connectivity index (χ0n) is 13.2. The van der Waals surface area contributed by atoms with E-state index >= 15 is 0 Å². The maximum absolute atomic E-state index is 11.5. The van der Waals surface area contributed by atoms with Gasteiger partial charge in [-0.25, -0.2) is 13.2 Å². The second-order valence-electron chi connectivity index (χ2n) is 5.49. The van der Waals surface area contributed by atoms with Crippen LogP contribution in [0.5, 0.6) is 0 Å². The normalized spacial score (nSPS) is 18.9. The Morgan fingerprint density at radius 3 is 2.14 bits per heavy atom. The topological polar surface area (TPSA) is 66.9 Å². The molecule has 22 heavy (non-hydrogen) atoms. The van der Waals surface area contributed by atoms with Gasteiger partial charge in [0.2, 0.25) is 10.0 Å². The van der Waals surface area contributed by atoms with Gasteiger partial charge in [-0.1, -0.05) is 12.1 Å². The minimum absolute atomic E-state index is 0.174. The fraction of sp³-hybridized carbons (Fsp3) is 0.533. The summed E-state index contributed by atoms with van der Waals surface area (Å²) in [4.78, 5) is 13.7. The van der Waals surface area contributed by atoms with E-state index in [9.17, 15) is 13.2 Å². The maximum atomic E-state index is 11.5. The van der Waals surface area contributed by atoms with Crippen LogP contribution < -0.4 is 0 Å². The van der Waals surface area contributed by atoms with E-state index in [2.05, 4.69) is 16.6 Å². The number of carbonyl (C=O) groups is 1.